The number of nitrogens with one attached hydrogen (secondary N) is 1. The van der Waals surface area contributed by atoms with Gasteiger partial charge in [0.2, 0.25) is 0 Å². The molecule has 0 aliphatic heterocycles. The van der Waals surface area contributed by atoms with Crippen LogP contribution >= 0.6 is 31.9 Å². The predicted octanol–water partition coefficient (Wildman–Crippen LogP) is 4.24. The maximum absolute atomic E-state index is 12.2. The van der Waals surface area contributed by atoms with Crippen molar-refractivity contribution in [1.82, 2.24) is 0 Å². The quantitative estimate of drug-likeness (QED) is 0.791. The molecule has 0 saturated carbocycles. The molecular weight excluding hydrogens is 400 g/mol. The third kappa shape index (κ3) is 3.77. The second kappa shape index (κ2) is 6.49. The monoisotopic (exact) mass is 412 g/mol. The lowest BCUT2D eigenvalue weighted by atomic mass is 10.2. The van der Waals surface area contributed by atoms with Crippen LogP contribution in [0, 0.1) is 0 Å². The van der Waals surface area contributed by atoms with E-state index in [0.717, 1.165) is 5.69 Å². The van der Waals surface area contributed by atoms with Crippen LogP contribution in [-0.2, 0) is 0 Å². The molecule has 110 valence electrons. The van der Waals surface area contributed by atoms with Gasteiger partial charge in [-0.15, -0.1) is 0 Å². The van der Waals surface area contributed by atoms with E-state index in [1.54, 1.807) is 12.1 Å². The van der Waals surface area contributed by atoms with Gasteiger partial charge in [0.15, 0.2) is 0 Å². The van der Waals surface area contributed by atoms with Crippen molar-refractivity contribution in [1.29, 1.82) is 0 Å². The van der Waals surface area contributed by atoms with Crippen LogP contribution in [-0.4, -0.2) is 25.1 Å². The van der Waals surface area contributed by atoms with Crippen LogP contribution in [0.2, 0.25) is 0 Å². The van der Waals surface area contributed by atoms with Gasteiger partial charge in [-0.3, -0.25) is 4.79 Å². The highest BCUT2D eigenvalue weighted by atomic mass is 79.9. The highest BCUT2D eigenvalue weighted by molar-refractivity contribution is 9.11. The van der Waals surface area contributed by atoms with E-state index in [0.29, 0.717) is 14.6 Å². The zero-order valence-corrected chi connectivity index (χ0v) is 14.7. The number of amides is 1. The molecule has 4 nitrogen and oxygen atoms in total. The molecule has 1 amide bonds. The van der Waals surface area contributed by atoms with Crippen molar-refractivity contribution in [3.63, 3.8) is 0 Å². The van der Waals surface area contributed by atoms with Crippen LogP contribution in [0.25, 0.3) is 0 Å². The Morgan fingerprint density at radius 1 is 1.14 bits per heavy atom. The summed E-state index contributed by atoms with van der Waals surface area (Å²) >= 11 is 6.51. The topological polar surface area (TPSA) is 52.6 Å². The summed E-state index contributed by atoms with van der Waals surface area (Å²) in [4.78, 5) is 14.2. The number of carbonyl (C=O) groups excluding carboxylic acids is 1. The van der Waals surface area contributed by atoms with Crippen molar-refractivity contribution < 1.29 is 9.90 Å². The molecule has 0 aliphatic rings. The molecule has 2 aromatic rings. The van der Waals surface area contributed by atoms with Gasteiger partial charge in [0.1, 0.15) is 5.75 Å². The lowest BCUT2D eigenvalue weighted by molar-refractivity contribution is 0.102. The van der Waals surface area contributed by atoms with Gasteiger partial charge in [-0.1, -0.05) is 15.9 Å². The molecule has 0 bridgehead atoms. The van der Waals surface area contributed by atoms with Crippen LogP contribution in [0.15, 0.2) is 45.3 Å². The second-order valence-electron chi connectivity index (χ2n) is 4.68. The number of carbonyl (C=O) groups is 1. The van der Waals surface area contributed by atoms with Crippen molar-refractivity contribution in [2.45, 2.75) is 0 Å². The van der Waals surface area contributed by atoms with Crippen molar-refractivity contribution in [2.24, 2.45) is 0 Å². The number of nitrogens with zero attached hydrogens (tertiary/aromatic N) is 1. The van der Waals surface area contributed by atoms with Crippen LogP contribution < -0.4 is 10.2 Å². The summed E-state index contributed by atoms with van der Waals surface area (Å²) in [6.45, 7) is 0. The molecule has 0 radical (unpaired) electrons. The van der Waals surface area contributed by atoms with Crippen LogP contribution in [0.5, 0.6) is 5.75 Å². The van der Waals surface area contributed by atoms with E-state index in [1.165, 1.54) is 0 Å². The minimum atomic E-state index is -0.368. The maximum Gasteiger partial charge on any atom is 0.259 e. The minimum Gasteiger partial charge on any atom is -0.506 e. The smallest absolute Gasteiger partial charge is 0.259 e. The summed E-state index contributed by atoms with van der Waals surface area (Å²) in [5.41, 5.74) is 1.91. The number of benzene rings is 2. The first-order chi connectivity index (χ1) is 9.88. The zero-order chi connectivity index (χ0) is 15.6. The fourth-order valence-electron chi connectivity index (χ4n) is 1.78. The summed E-state index contributed by atoms with van der Waals surface area (Å²) in [5, 5.41) is 12.7. The number of hydrogen-bond donors (Lipinski definition) is 2. The molecule has 2 N–H and O–H groups in total. The number of aromatic hydroxyl groups is 1. The molecule has 2 aromatic carbocycles. The van der Waals surface area contributed by atoms with E-state index < -0.39 is 0 Å². The first-order valence-corrected chi connectivity index (χ1v) is 7.74. The molecule has 0 saturated heterocycles. The van der Waals surface area contributed by atoms with Crippen LogP contribution in [0.4, 0.5) is 11.4 Å². The van der Waals surface area contributed by atoms with Crippen LogP contribution in [0.3, 0.4) is 0 Å². The number of phenolic OH excluding ortho intramolecular Hbond substituents is 1. The van der Waals surface area contributed by atoms with E-state index in [2.05, 4.69) is 37.2 Å². The summed E-state index contributed by atoms with van der Waals surface area (Å²) in [6.07, 6.45) is 0. The number of rotatable bonds is 3. The fourth-order valence-corrected chi connectivity index (χ4v) is 3.01. The van der Waals surface area contributed by atoms with Gasteiger partial charge in [-0.2, -0.15) is 0 Å². The fraction of sp³-hybridized carbons (Fsp3) is 0.133. The van der Waals surface area contributed by atoms with Crippen molar-refractivity contribution in [2.75, 3.05) is 24.3 Å². The minimum absolute atomic E-state index is 0.0828. The van der Waals surface area contributed by atoms with Crippen molar-refractivity contribution in [3.05, 3.63) is 50.9 Å². The molecule has 0 fully saturated rings. The average molecular weight is 414 g/mol. The number of anilines is 2. The normalized spacial score (nSPS) is 10.3. The Morgan fingerprint density at radius 2 is 1.76 bits per heavy atom. The van der Waals surface area contributed by atoms with E-state index in [4.69, 9.17) is 0 Å². The second-order valence-corrected chi connectivity index (χ2v) is 6.45. The first-order valence-electron chi connectivity index (χ1n) is 6.15. The lowest BCUT2D eigenvalue weighted by Crippen LogP contribution is -2.13. The van der Waals surface area contributed by atoms with E-state index >= 15 is 0 Å². The highest BCUT2D eigenvalue weighted by Crippen LogP contribution is 2.32. The van der Waals surface area contributed by atoms with Crippen LogP contribution in [0.1, 0.15) is 10.4 Å². The van der Waals surface area contributed by atoms with Gasteiger partial charge >= 0.3 is 0 Å². The molecule has 0 heterocycles. The summed E-state index contributed by atoms with van der Waals surface area (Å²) < 4.78 is 1.17. The molecule has 6 heteroatoms. The summed E-state index contributed by atoms with van der Waals surface area (Å²) in [7, 11) is 3.90. The van der Waals surface area contributed by atoms with E-state index in [-0.39, 0.29) is 17.2 Å². The molecule has 0 unspecified atom stereocenters. The molecule has 21 heavy (non-hydrogen) atoms. The number of halogens is 2. The number of phenols is 1. The molecule has 2 rings (SSSR count). The van der Waals surface area contributed by atoms with E-state index in [1.807, 2.05) is 43.3 Å². The maximum atomic E-state index is 12.2. The summed E-state index contributed by atoms with van der Waals surface area (Å²) in [6, 6.07) is 10.7. The first kappa shape index (κ1) is 15.9. The zero-order valence-electron chi connectivity index (χ0n) is 11.5. The Morgan fingerprint density at radius 3 is 2.33 bits per heavy atom. The molecule has 0 aliphatic carbocycles. The third-order valence-electron chi connectivity index (χ3n) is 2.91. The Hall–Kier alpha value is -1.53. The average Bonchev–Trinajstić information content (AvgIpc) is 2.43. The van der Waals surface area contributed by atoms with Crippen molar-refractivity contribution in [3.8, 4) is 5.75 Å². The number of hydrogen-bond acceptors (Lipinski definition) is 3. The lowest BCUT2D eigenvalue weighted by Gasteiger charge is -2.13. The van der Waals surface area contributed by atoms with Gasteiger partial charge < -0.3 is 15.3 Å². The molecule has 0 spiro atoms. The molecule has 0 aromatic heterocycles. The van der Waals surface area contributed by atoms with Gasteiger partial charge in [-0.05, 0) is 52.3 Å². The standard InChI is InChI=1S/C15H14Br2N2O2/c1-19(2)11-5-3-10(4-6-11)18-15(21)12-7-9(16)8-13(17)14(12)20/h3-8,20H,1-2H3,(H,18,21). The van der Waals surface area contributed by atoms with Gasteiger partial charge in [0, 0.05) is 29.9 Å². The Labute approximate surface area is 140 Å². The largest absolute Gasteiger partial charge is 0.506 e. The Balaban J connectivity index is 2.22. The predicted molar refractivity (Wildman–Crippen MR) is 92.2 cm³/mol. The van der Waals surface area contributed by atoms with Crippen molar-refractivity contribution >= 4 is 49.1 Å². The summed E-state index contributed by atoms with van der Waals surface area (Å²) in [5.74, 6) is -0.451. The van der Waals surface area contributed by atoms with E-state index in [9.17, 15) is 9.90 Å². The highest BCUT2D eigenvalue weighted by Gasteiger charge is 2.15. The third-order valence-corrected chi connectivity index (χ3v) is 3.98. The molecule has 0 atom stereocenters. The van der Waals surface area contributed by atoms with Gasteiger partial charge in [0.25, 0.3) is 5.91 Å². The SMILES string of the molecule is CN(C)c1ccc(NC(=O)c2cc(Br)cc(Br)c2O)cc1. The van der Waals surface area contributed by atoms with Gasteiger partial charge in [-0.25, -0.2) is 0 Å². The Kier molecular flexibility index (Phi) is 4.90. The Bertz CT molecular complexity index is 670. The van der Waals surface area contributed by atoms with Gasteiger partial charge in [0.05, 0.1) is 10.0 Å². The molecular formula is C15H14Br2N2O2.